The van der Waals surface area contributed by atoms with Crippen molar-refractivity contribution < 1.29 is 4.98 Å². The molecule has 0 aromatic carbocycles. The van der Waals surface area contributed by atoms with Crippen molar-refractivity contribution in [1.82, 2.24) is 4.90 Å². The minimum Gasteiger partial charge on any atom is -0.370 e. The molecule has 0 amide bonds. The van der Waals surface area contributed by atoms with E-state index < -0.39 is 0 Å². The third kappa shape index (κ3) is 3.01. The van der Waals surface area contributed by atoms with Gasteiger partial charge in [-0.25, -0.2) is 4.98 Å². The van der Waals surface area contributed by atoms with Crippen molar-refractivity contribution in [3.8, 4) is 12.1 Å². The number of nitriles is 2. The zero-order valence-electron chi connectivity index (χ0n) is 9.06. The summed E-state index contributed by atoms with van der Waals surface area (Å²) in [7, 11) is 3.61. The molecule has 0 saturated carbocycles. The fourth-order valence-corrected chi connectivity index (χ4v) is 1.89. The third-order valence-corrected chi connectivity index (χ3v) is 2.97. The van der Waals surface area contributed by atoms with Crippen LogP contribution in [0.3, 0.4) is 0 Å². The molecule has 1 aromatic rings. The van der Waals surface area contributed by atoms with Crippen molar-refractivity contribution in [3.05, 3.63) is 35.0 Å². The van der Waals surface area contributed by atoms with Crippen LogP contribution in [-0.2, 0) is 0 Å². The van der Waals surface area contributed by atoms with Gasteiger partial charge in [0.1, 0.15) is 17.2 Å². The molecular formula is C11H11N4S+. The molecule has 1 heterocycles. The number of rotatable bonds is 3. The summed E-state index contributed by atoms with van der Waals surface area (Å²) in [6, 6.07) is 9.45. The van der Waals surface area contributed by atoms with Gasteiger partial charge in [0.05, 0.1) is 0 Å². The fourth-order valence-electron chi connectivity index (χ4n) is 1.03. The van der Waals surface area contributed by atoms with Crippen molar-refractivity contribution >= 4 is 11.8 Å². The summed E-state index contributed by atoms with van der Waals surface area (Å²) >= 11 is 1.36. The summed E-state index contributed by atoms with van der Waals surface area (Å²) in [4.78, 5) is 4.80. The van der Waals surface area contributed by atoms with Gasteiger partial charge in [0.2, 0.25) is 5.03 Å². The highest BCUT2D eigenvalue weighted by Gasteiger charge is 2.13. The van der Waals surface area contributed by atoms with Gasteiger partial charge in [-0.05, 0) is 17.8 Å². The Hall–Kier alpha value is -1.98. The number of aromatic nitrogens is 1. The SMILES string of the molecule is CN(C)C(Sc1cccc[nH+]1)=C(C#N)C#N. The predicted octanol–water partition coefficient (Wildman–Crippen LogP) is 1.41. The lowest BCUT2D eigenvalue weighted by molar-refractivity contribution is -0.426. The monoisotopic (exact) mass is 231 g/mol. The normalized spacial score (nSPS) is 8.75. The number of H-pyrrole nitrogens is 1. The number of hydrogen-bond acceptors (Lipinski definition) is 4. The number of hydrogen-bond donors (Lipinski definition) is 0. The Balaban J connectivity index is 3.05. The maximum absolute atomic E-state index is 8.84. The maximum atomic E-state index is 8.84. The second kappa shape index (κ2) is 5.79. The van der Waals surface area contributed by atoms with Crippen molar-refractivity contribution in [2.45, 2.75) is 5.03 Å². The molecule has 0 fully saturated rings. The predicted molar refractivity (Wildman–Crippen MR) is 60.8 cm³/mol. The Morgan fingerprint density at radius 3 is 2.44 bits per heavy atom. The first-order valence-electron chi connectivity index (χ1n) is 4.55. The molecule has 5 heteroatoms. The summed E-state index contributed by atoms with van der Waals surface area (Å²) in [5.41, 5.74) is 0.118. The topological polar surface area (TPSA) is 65.0 Å². The maximum Gasteiger partial charge on any atom is 0.244 e. The molecule has 0 unspecified atom stereocenters. The van der Waals surface area contributed by atoms with Crippen LogP contribution in [0.2, 0.25) is 0 Å². The van der Waals surface area contributed by atoms with Gasteiger partial charge in [0, 0.05) is 26.2 Å². The second-order valence-corrected chi connectivity index (χ2v) is 4.16. The van der Waals surface area contributed by atoms with Crippen LogP contribution in [0.25, 0.3) is 0 Å². The number of allylic oxidation sites excluding steroid dienone is 1. The molecule has 0 aliphatic heterocycles. The van der Waals surface area contributed by atoms with Crippen LogP contribution in [-0.4, -0.2) is 19.0 Å². The van der Waals surface area contributed by atoms with Crippen LogP contribution >= 0.6 is 11.8 Å². The molecule has 0 spiro atoms. The molecule has 16 heavy (non-hydrogen) atoms. The van der Waals surface area contributed by atoms with Crippen molar-refractivity contribution in [3.63, 3.8) is 0 Å². The fraction of sp³-hybridized carbons (Fsp3) is 0.182. The average molecular weight is 231 g/mol. The molecule has 0 bridgehead atoms. The molecule has 0 aliphatic rings. The summed E-state index contributed by atoms with van der Waals surface area (Å²) in [5, 5.41) is 19.2. The van der Waals surface area contributed by atoms with E-state index >= 15 is 0 Å². The molecule has 4 nitrogen and oxygen atoms in total. The van der Waals surface area contributed by atoms with E-state index in [1.165, 1.54) is 11.8 Å². The Bertz CT molecular complexity index is 449. The lowest BCUT2D eigenvalue weighted by Crippen LogP contribution is -2.13. The number of pyridine rings is 1. The van der Waals surface area contributed by atoms with Crippen molar-refractivity contribution in [2.75, 3.05) is 14.1 Å². The first kappa shape index (κ1) is 12.1. The highest BCUT2D eigenvalue weighted by atomic mass is 32.2. The molecule has 0 radical (unpaired) electrons. The van der Waals surface area contributed by atoms with E-state index in [-0.39, 0.29) is 5.57 Å². The summed E-state index contributed by atoms with van der Waals surface area (Å²) in [6.07, 6.45) is 1.80. The molecule has 0 saturated heterocycles. The summed E-state index contributed by atoms with van der Waals surface area (Å²) in [5.74, 6) is 0. The van der Waals surface area contributed by atoms with Gasteiger partial charge in [-0.1, -0.05) is 0 Å². The van der Waals surface area contributed by atoms with Crippen LogP contribution in [0.15, 0.2) is 40.0 Å². The van der Waals surface area contributed by atoms with Crippen LogP contribution in [0, 0.1) is 22.7 Å². The Kier molecular flexibility index (Phi) is 4.38. The van der Waals surface area contributed by atoms with Gasteiger partial charge in [0.25, 0.3) is 0 Å². The average Bonchev–Trinajstić information content (AvgIpc) is 2.30. The number of thioether (sulfide) groups is 1. The van der Waals surface area contributed by atoms with E-state index in [9.17, 15) is 0 Å². The van der Waals surface area contributed by atoms with E-state index in [2.05, 4.69) is 4.98 Å². The van der Waals surface area contributed by atoms with Gasteiger partial charge < -0.3 is 4.90 Å². The number of nitrogens with one attached hydrogen (secondary N) is 1. The third-order valence-electron chi connectivity index (χ3n) is 1.73. The Morgan fingerprint density at radius 2 is 2.00 bits per heavy atom. The van der Waals surface area contributed by atoms with Gasteiger partial charge in [-0.2, -0.15) is 10.5 Å². The zero-order valence-corrected chi connectivity index (χ0v) is 9.88. The van der Waals surface area contributed by atoms with Crippen molar-refractivity contribution in [1.29, 1.82) is 10.5 Å². The second-order valence-electron chi connectivity index (χ2n) is 3.13. The molecular weight excluding hydrogens is 220 g/mol. The molecule has 80 valence electrons. The standard InChI is InChI=1S/C11H10N4S/c1-15(2)11(9(7-12)8-13)16-10-5-3-4-6-14-10/h3-6H,1-2H3/p+1. The minimum absolute atomic E-state index is 0.118. The quantitative estimate of drug-likeness (QED) is 0.583. The lowest BCUT2D eigenvalue weighted by atomic mass is 10.3. The van der Waals surface area contributed by atoms with E-state index in [0.717, 1.165) is 5.03 Å². The number of nitrogens with zero attached hydrogens (tertiary/aromatic N) is 3. The van der Waals surface area contributed by atoms with Crippen LogP contribution in [0.4, 0.5) is 0 Å². The molecule has 0 atom stereocenters. The smallest absolute Gasteiger partial charge is 0.244 e. The largest absolute Gasteiger partial charge is 0.370 e. The first-order chi connectivity index (χ1) is 7.69. The number of aromatic amines is 1. The highest BCUT2D eigenvalue weighted by molar-refractivity contribution is 8.02. The zero-order chi connectivity index (χ0) is 12.0. The first-order valence-corrected chi connectivity index (χ1v) is 5.37. The van der Waals surface area contributed by atoms with Crippen LogP contribution in [0.1, 0.15) is 0 Å². The molecule has 1 aromatic heterocycles. The van der Waals surface area contributed by atoms with Gasteiger partial charge in [-0.3, -0.25) is 0 Å². The van der Waals surface area contributed by atoms with Gasteiger partial charge >= 0.3 is 0 Å². The highest BCUT2D eigenvalue weighted by Crippen LogP contribution is 2.26. The van der Waals surface area contributed by atoms with E-state index in [1.807, 2.05) is 30.3 Å². The molecule has 1 rings (SSSR count). The lowest BCUT2D eigenvalue weighted by Gasteiger charge is -2.14. The van der Waals surface area contributed by atoms with Gasteiger partial charge in [-0.15, -0.1) is 0 Å². The Morgan fingerprint density at radius 1 is 1.31 bits per heavy atom. The van der Waals surface area contributed by atoms with E-state index in [1.54, 1.807) is 25.2 Å². The van der Waals surface area contributed by atoms with Crippen molar-refractivity contribution in [2.24, 2.45) is 0 Å². The molecule has 1 N–H and O–H groups in total. The van der Waals surface area contributed by atoms with E-state index in [4.69, 9.17) is 10.5 Å². The minimum atomic E-state index is 0.118. The molecule has 0 aliphatic carbocycles. The van der Waals surface area contributed by atoms with Gasteiger partial charge in [0.15, 0.2) is 11.8 Å². The van der Waals surface area contributed by atoms with Crippen LogP contribution < -0.4 is 4.98 Å². The van der Waals surface area contributed by atoms with E-state index in [0.29, 0.717) is 5.03 Å². The summed E-state index contributed by atoms with van der Waals surface area (Å²) in [6.45, 7) is 0. The summed E-state index contributed by atoms with van der Waals surface area (Å²) < 4.78 is 0. The van der Waals surface area contributed by atoms with Crippen LogP contribution in [0.5, 0.6) is 0 Å². The Labute approximate surface area is 98.8 Å².